The summed E-state index contributed by atoms with van der Waals surface area (Å²) in [4.78, 5) is 0. The lowest BCUT2D eigenvalue weighted by Crippen LogP contribution is -2.37. The van der Waals surface area contributed by atoms with E-state index in [0.29, 0.717) is 0 Å². The highest BCUT2D eigenvalue weighted by Gasteiger charge is 2.42. The Morgan fingerprint density at radius 2 is 2.12 bits per heavy atom. The third kappa shape index (κ3) is 0.455. The van der Waals surface area contributed by atoms with Crippen molar-refractivity contribution in [3.05, 3.63) is 0 Å². The van der Waals surface area contributed by atoms with Gasteiger partial charge in [-0.2, -0.15) is 0 Å². The molecule has 0 aromatic rings. The molecule has 2 rings (SSSR count). The molecule has 3 atom stereocenters. The summed E-state index contributed by atoms with van der Waals surface area (Å²) in [6.45, 7) is 0. The second-order valence-corrected chi connectivity index (χ2v) is 3.16. The fourth-order valence-electron chi connectivity index (χ4n) is 2.15. The van der Waals surface area contributed by atoms with Gasteiger partial charge in [0.1, 0.15) is 0 Å². The molecule has 2 aliphatic carbocycles. The lowest BCUT2D eigenvalue weighted by Gasteiger charge is -2.36. The zero-order chi connectivity index (χ0) is 5.56. The highest BCUT2D eigenvalue weighted by atomic mass is 16.3. The summed E-state index contributed by atoms with van der Waals surface area (Å²) in [7, 11) is 0. The first-order chi connectivity index (χ1) is 3.88. The van der Waals surface area contributed by atoms with Crippen LogP contribution in [-0.2, 0) is 0 Å². The van der Waals surface area contributed by atoms with Crippen LogP contribution < -0.4 is 0 Å². The average Bonchev–Trinajstić information content (AvgIpc) is 2.09. The molecule has 0 aromatic heterocycles. The van der Waals surface area contributed by atoms with Crippen LogP contribution in [0.5, 0.6) is 0 Å². The quantitative estimate of drug-likeness (QED) is 0.498. The Labute approximate surface area is 49.7 Å². The lowest BCUT2D eigenvalue weighted by atomic mass is 9.74. The van der Waals surface area contributed by atoms with Crippen LogP contribution in [0.25, 0.3) is 0 Å². The molecule has 0 heterocycles. The van der Waals surface area contributed by atoms with Gasteiger partial charge >= 0.3 is 0 Å². The second kappa shape index (κ2) is 1.47. The summed E-state index contributed by atoms with van der Waals surface area (Å²) < 4.78 is 0. The van der Waals surface area contributed by atoms with E-state index in [1.165, 1.54) is 19.3 Å². The zero-order valence-corrected chi connectivity index (χ0v) is 5.01. The van der Waals surface area contributed by atoms with E-state index in [9.17, 15) is 0 Å². The first-order valence-electron chi connectivity index (χ1n) is 3.56. The maximum atomic E-state index is 9.12. The van der Waals surface area contributed by atoms with Gasteiger partial charge in [0, 0.05) is 0 Å². The van der Waals surface area contributed by atoms with Crippen molar-refractivity contribution < 1.29 is 5.11 Å². The minimum Gasteiger partial charge on any atom is -0.393 e. The molecule has 0 spiro atoms. The van der Waals surface area contributed by atoms with E-state index < -0.39 is 0 Å². The third-order valence-corrected chi connectivity index (χ3v) is 2.76. The highest BCUT2D eigenvalue weighted by Crippen LogP contribution is 2.46. The van der Waals surface area contributed by atoms with Gasteiger partial charge in [0.2, 0.25) is 0 Å². The smallest absolute Gasteiger partial charge is 0.0573 e. The molecular formula is C7H12O. The Balaban J connectivity index is 2.02. The Morgan fingerprint density at radius 3 is 2.62 bits per heavy atom. The predicted octanol–water partition coefficient (Wildman–Crippen LogP) is 1.17. The maximum Gasteiger partial charge on any atom is 0.0573 e. The second-order valence-electron chi connectivity index (χ2n) is 3.16. The molecule has 0 amide bonds. The minimum absolute atomic E-state index is 0.0856. The normalized spacial score (nSPS) is 52.9. The van der Waals surface area contributed by atoms with E-state index in [1.54, 1.807) is 0 Å². The van der Waals surface area contributed by atoms with Crippen LogP contribution >= 0.6 is 0 Å². The Kier molecular flexibility index (Phi) is 0.884. The van der Waals surface area contributed by atoms with Crippen molar-refractivity contribution in [2.24, 2.45) is 11.8 Å². The SMILES string of the molecule is O[C@H]1C[C@H]2CCC[C@H]21. The number of hydrogen-bond donors (Lipinski definition) is 1. The summed E-state index contributed by atoms with van der Waals surface area (Å²) in [5.74, 6) is 1.64. The van der Waals surface area contributed by atoms with E-state index in [2.05, 4.69) is 0 Å². The molecule has 0 radical (unpaired) electrons. The fraction of sp³-hybridized carbons (Fsp3) is 1.00. The van der Waals surface area contributed by atoms with Crippen LogP contribution in [0.1, 0.15) is 25.7 Å². The van der Waals surface area contributed by atoms with E-state index in [4.69, 9.17) is 5.11 Å². The van der Waals surface area contributed by atoms with Gasteiger partial charge < -0.3 is 5.11 Å². The van der Waals surface area contributed by atoms with Gasteiger partial charge in [0.15, 0.2) is 0 Å². The molecule has 1 nitrogen and oxygen atoms in total. The number of aliphatic hydroxyl groups excluding tert-OH is 1. The van der Waals surface area contributed by atoms with E-state index in [1.807, 2.05) is 0 Å². The largest absolute Gasteiger partial charge is 0.393 e. The van der Waals surface area contributed by atoms with Crippen molar-refractivity contribution in [1.29, 1.82) is 0 Å². The van der Waals surface area contributed by atoms with Gasteiger partial charge in [0.05, 0.1) is 6.10 Å². The molecule has 0 aliphatic heterocycles. The van der Waals surface area contributed by atoms with Crippen LogP contribution in [0.2, 0.25) is 0 Å². The lowest BCUT2D eigenvalue weighted by molar-refractivity contribution is -0.0145. The first-order valence-corrected chi connectivity index (χ1v) is 3.56. The van der Waals surface area contributed by atoms with E-state index in [0.717, 1.165) is 18.3 Å². The minimum atomic E-state index is 0.0856. The van der Waals surface area contributed by atoms with Crippen LogP contribution in [0.3, 0.4) is 0 Å². The predicted molar refractivity (Wildman–Crippen MR) is 31.5 cm³/mol. The van der Waals surface area contributed by atoms with Crippen LogP contribution in [0.15, 0.2) is 0 Å². The van der Waals surface area contributed by atoms with Crippen molar-refractivity contribution in [2.75, 3.05) is 0 Å². The van der Waals surface area contributed by atoms with Crippen molar-refractivity contribution >= 4 is 0 Å². The van der Waals surface area contributed by atoms with Gasteiger partial charge in [-0.25, -0.2) is 0 Å². The summed E-state index contributed by atoms with van der Waals surface area (Å²) in [6, 6.07) is 0. The standard InChI is InChI=1S/C7H12O/c8-7-4-5-2-1-3-6(5)7/h5-8H,1-4H2/t5-,6-,7+/m1/s1. The number of aliphatic hydroxyl groups is 1. The van der Waals surface area contributed by atoms with Gasteiger partial charge in [-0.15, -0.1) is 0 Å². The number of rotatable bonds is 0. The number of hydrogen-bond acceptors (Lipinski definition) is 1. The molecule has 0 saturated heterocycles. The Bertz CT molecular complexity index is 101. The highest BCUT2D eigenvalue weighted by molar-refractivity contribution is 4.93. The molecule has 8 heavy (non-hydrogen) atoms. The molecule has 0 unspecified atom stereocenters. The zero-order valence-electron chi connectivity index (χ0n) is 5.01. The molecule has 46 valence electrons. The van der Waals surface area contributed by atoms with Crippen molar-refractivity contribution in [3.8, 4) is 0 Å². The monoisotopic (exact) mass is 112 g/mol. The molecule has 1 N–H and O–H groups in total. The fourth-order valence-corrected chi connectivity index (χ4v) is 2.15. The van der Waals surface area contributed by atoms with Crippen molar-refractivity contribution in [2.45, 2.75) is 31.8 Å². The van der Waals surface area contributed by atoms with Gasteiger partial charge in [0.25, 0.3) is 0 Å². The summed E-state index contributed by atoms with van der Waals surface area (Å²) >= 11 is 0. The third-order valence-electron chi connectivity index (χ3n) is 2.76. The molecule has 0 bridgehead atoms. The van der Waals surface area contributed by atoms with E-state index in [-0.39, 0.29) is 6.10 Å². The maximum absolute atomic E-state index is 9.12. The topological polar surface area (TPSA) is 20.2 Å². The van der Waals surface area contributed by atoms with Gasteiger partial charge in [-0.1, -0.05) is 6.42 Å². The average molecular weight is 112 g/mol. The Morgan fingerprint density at radius 1 is 1.25 bits per heavy atom. The number of fused-ring (bicyclic) bond motifs is 1. The van der Waals surface area contributed by atoms with Crippen molar-refractivity contribution in [1.82, 2.24) is 0 Å². The molecule has 2 aliphatic rings. The molecule has 2 saturated carbocycles. The Hall–Kier alpha value is -0.0400. The first kappa shape index (κ1) is 4.80. The molecular weight excluding hydrogens is 100 g/mol. The molecule has 0 aromatic carbocycles. The van der Waals surface area contributed by atoms with Crippen LogP contribution in [0.4, 0.5) is 0 Å². The molecule has 1 heteroatoms. The van der Waals surface area contributed by atoms with Crippen molar-refractivity contribution in [3.63, 3.8) is 0 Å². The van der Waals surface area contributed by atoms with Gasteiger partial charge in [-0.3, -0.25) is 0 Å². The van der Waals surface area contributed by atoms with Crippen LogP contribution in [-0.4, -0.2) is 11.2 Å². The van der Waals surface area contributed by atoms with Gasteiger partial charge in [-0.05, 0) is 31.1 Å². The summed E-state index contributed by atoms with van der Waals surface area (Å²) in [6.07, 6.45) is 5.24. The van der Waals surface area contributed by atoms with Crippen LogP contribution in [0, 0.1) is 11.8 Å². The van der Waals surface area contributed by atoms with E-state index >= 15 is 0 Å². The summed E-state index contributed by atoms with van der Waals surface area (Å²) in [5.41, 5.74) is 0. The molecule has 2 fully saturated rings. The summed E-state index contributed by atoms with van der Waals surface area (Å²) in [5, 5.41) is 9.12.